The molecule has 1 aliphatic heterocycles. The van der Waals surface area contributed by atoms with E-state index >= 15 is 0 Å². The van der Waals surface area contributed by atoms with Crippen molar-refractivity contribution in [1.82, 2.24) is 20.0 Å². The van der Waals surface area contributed by atoms with Crippen LogP contribution < -0.4 is 4.90 Å². The molecule has 3 aromatic carbocycles. The van der Waals surface area contributed by atoms with E-state index in [1.807, 2.05) is 66.7 Å². The molecule has 2 amide bonds. The Labute approximate surface area is 231 Å². The largest absolute Gasteiger partial charge is 0.352 e. The third kappa shape index (κ3) is 6.41. The molecule has 0 radical (unpaired) electrons. The van der Waals surface area contributed by atoms with Crippen LogP contribution in [-0.2, 0) is 11.3 Å². The van der Waals surface area contributed by atoms with Crippen molar-refractivity contribution in [1.29, 1.82) is 0 Å². The van der Waals surface area contributed by atoms with Gasteiger partial charge in [0, 0.05) is 43.9 Å². The van der Waals surface area contributed by atoms with Gasteiger partial charge in [0.2, 0.25) is 5.91 Å². The van der Waals surface area contributed by atoms with E-state index < -0.39 is 5.82 Å². The van der Waals surface area contributed by atoms with Crippen molar-refractivity contribution in [3.8, 4) is 11.3 Å². The van der Waals surface area contributed by atoms with Crippen molar-refractivity contribution in [3.05, 3.63) is 113 Å². The first-order valence-electron chi connectivity index (χ1n) is 12.7. The van der Waals surface area contributed by atoms with Gasteiger partial charge >= 0.3 is 0 Å². The fraction of sp³-hybridized carbons (Fsp3) is 0.200. The number of halogens is 2. The standard InChI is InChI=1S/C30H27ClFN5O2/c31-26-12-5-4-11-25(26)27-13-14-28(34-33-27)35-15-17-36(18-16-35)29(38)21-37(20-22-7-2-1-3-8-22)30(39)23-9-6-10-24(32)19-23/h1-14,19H,15-18,20-21H2. The Kier molecular flexibility index (Phi) is 8.13. The SMILES string of the molecule is O=C(CN(Cc1ccccc1)C(=O)c1cccc(F)c1)N1CCN(c2ccc(-c3ccccc3Cl)nn2)CC1. The summed E-state index contributed by atoms with van der Waals surface area (Å²) in [6.45, 7) is 2.29. The van der Waals surface area contributed by atoms with Crippen molar-refractivity contribution in [2.24, 2.45) is 0 Å². The Morgan fingerprint density at radius 1 is 0.846 bits per heavy atom. The lowest BCUT2D eigenvalue weighted by Crippen LogP contribution is -2.52. The second-order valence-electron chi connectivity index (χ2n) is 9.28. The topological polar surface area (TPSA) is 69.6 Å². The molecule has 198 valence electrons. The second kappa shape index (κ2) is 12.0. The molecule has 0 N–H and O–H groups in total. The molecule has 0 saturated carbocycles. The van der Waals surface area contributed by atoms with Crippen molar-refractivity contribution in [3.63, 3.8) is 0 Å². The fourth-order valence-corrected chi connectivity index (χ4v) is 4.79. The zero-order valence-corrected chi connectivity index (χ0v) is 22.0. The third-order valence-electron chi connectivity index (χ3n) is 6.66. The third-order valence-corrected chi connectivity index (χ3v) is 6.99. The molecule has 0 atom stereocenters. The summed E-state index contributed by atoms with van der Waals surface area (Å²) in [6, 6.07) is 26.3. The summed E-state index contributed by atoms with van der Waals surface area (Å²) in [5.74, 6) is -0.314. The molecule has 7 nitrogen and oxygen atoms in total. The van der Waals surface area contributed by atoms with Crippen LogP contribution in [0.25, 0.3) is 11.3 Å². The number of benzene rings is 3. The predicted molar refractivity (Wildman–Crippen MR) is 149 cm³/mol. The Morgan fingerprint density at radius 2 is 1.59 bits per heavy atom. The molecule has 9 heteroatoms. The van der Waals surface area contributed by atoms with E-state index in [9.17, 15) is 14.0 Å². The fourth-order valence-electron chi connectivity index (χ4n) is 4.56. The Bertz CT molecular complexity index is 1440. The molecule has 0 bridgehead atoms. The Balaban J connectivity index is 1.23. The molecule has 1 aliphatic rings. The maximum atomic E-state index is 13.8. The molecule has 1 fully saturated rings. The van der Waals surface area contributed by atoms with Crippen LogP contribution in [0, 0.1) is 5.82 Å². The van der Waals surface area contributed by atoms with Crippen molar-refractivity contribution in [2.45, 2.75) is 6.54 Å². The van der Waals surface area contributed by atoms with Gasteiger partial charge in [0.1, 0.15) is 12.4 Å². The van der Waals surface area contributed by atoms with Gasteiger partial charge in [-0.05, 0) is 42.0 Å². The normalized spacial score (nSPS) is 13.3. The number of carbonyl (C=O) groups is 2. The lowest BCUT2D eigenvalue weighted by Gasteiger charge is -2.36. The minimum absolute atomic E-state index is 0.101. The number of aromatic nitrogens is 2. The molecule has 1 saturated heterocycles. The van der Waals surface area contributed by atoms with Crippen LogP contribution in [-0.4, -0.2) is 64.5 Å². The number of carbonyl (C=O) groups excluding carboxylic acids is 2. The minimum Gasteiger partial charge on any atom is -0.352 e. The summed E-state index contributed by atoms with van der Waals surface area (Å²) in [7, 11) is 0. The molecule has 0 unspecified atom stereocenters. The Morgan fingerprint density at radius 3 is 2.28 bits per heavy atom. The first-order valence-corrected chi connectivity index (χ1v) is 13.1. The first-order chi connectivity index (χ1) is 19.0. The van der Waals surface area contributed by atoms with E-state index in [2.05, 4.69) is 15.1 Å². The second-order valence-corrected chi connectivity index (χ2v) is 9.69. The number of hydrogen-bond donors (Lipinski definition) is 0. The Hall–Kier alpha value is -4.30. The number of nitrogens with zero attached hydrogens (tertiary/aromatic N) is 5. The monoisotopic (exact) mass is 543 g/mol. The van der Waals surface area contributed by atoms with Crippen molar-refractivity contribution in [2.75, 3.05) is 37.6 Å². The van der Waals surface area contributed by atoms with Gasteiger partial charge in [-0.25, -0.2) is 4.39 Å². The lowest BCUT2D eigenvalue weighted by molar-refractivity contribution is -0.132. The highest BCUT2D eigenvalue weighted by molar-refractivity contribution is 6.33. The average molecular weight is 544 g/mol. The van der Waals surface area contributed by atoms with E-state index in [1.165, 1.54) is 23.1 Å². The predicted octanol–water partition coefficient (Wildman–Crippen LogP) is 4.93. The maximum Gasteiger partial charge on any atom is 0.254 e. The smallest absolute Gasteiger partial charge is 0.254 e. The quantitative estimate of drug-likeness (QED) is 0.331. The lowest BCUT2D eigenvalue weighted by atomic mass is 10.1. The number of hydrogen-bond acceptors (Lipinski definition) is 5. The molecule has 0 aliphatic carbocycles. The minimum atomic E-state index is -0.494. The van der Waals surface area contributed by atoms with Crippen LogP contribution in [0.2, 0.25) is 5.02 Å². The molecule has 2 heterocycles. The van der Waals surface area contributed by atoms with Gasteiger partial charge in [-0.15, -0.1) is 10.2 Å². The first kappa shape index (κ1) is 26.3. The molecular formula is C30H27ClFN5O2. The van der Waals surface area contributed by atoms with Crippen LogP contribution in [0.15, 0.2) is 91.0 Å². The van der Waals surface area contributed by atoms with E-state index in [0.29, 0.717) is 36.9 Å². The number of amides is 2. The van der Waals surface area contributed by atoms with Crippen LogP contribution in [0.5, 0.6) is 0 Å². The molecule has 5 rings (SSSR count). The van der Waals surface area contributed by atoms with Gasteiger partial charge in [0.15, 0.2) is 5.82 Å². The number of anilines is 1. The molecular weight excluding hydrogens is 517 g/mol. The van der Waals surface area contributed by atoms with E-state index in [0.717, 1.165) is 16.9 Å². The highest BCUT2D eigenvalue weighted by Crippen LogP contribution is 2.26. The van der Waals surface area contributed by atoms with E-state index in [1.54, 1.807) is 11.0 Å². The average Bonchev–Trinajstić information content (AvgIpc) is 2.97. The molecule has 4 aromatic rings. The summed E-state index contributed by atoms with van der Waals surface area (Å²) in [5, 5.41) is 9.34. The zero-order valence-electron chi connectivity index (χ0n) is 21.2. The number of rotatable bonds is 7. The van der Waals surface area contributed by atoms with Gasteiger partial charge < -0.3 is 14.7 Å². The zero-order chi connectivity index (χ0) is 27.2. The highest BCUT2D eigenvalue weighted by atomic mass is 35.5. The summed E-state index contributed by atoms with van der Waals surface area (Å²) in [4.78, 5) is 31.8. The highest BCUT2D eigenvalue weighted by Gasteiger charge is 2.26. The van der Waals surface area contributed by atoms with Gasteiger partial charge in [-0.3, -0.25) is 9.59 Å². The number of piperazine rings is 1. The van der Waals surface area contributed by atoms with Gasteiger partial charge in [0.05, 0.1) is 10.7 Å². The van der Waals surface area contributed by atoms with Crippen molar-refractivity contribution >= 4 is 29.2 Å². The van der Waals surface area contributed by atoms with Gasteiger partial charge in [0.25, 0.3) is 5.91 Å². The van der Waals surface area contributed by atoms with Gasteiger partial charge in [-0.2, -0.15) is 0 Å². The van der Waals surface area contributed by atoms with E-state index in [-0.39, 0.29) is 30.5 Å². The van der Waals surface area contributed by atoms with Gasteiger partial charge in [-0.1, -0.05) is 66.2 Å². The van der Waals surface area contributed by atoms with Crippen LogP contribution >= 0.6 is 11.6 Å². The molecule has 1 aromatic heterocycles. The maximum absolute atomic E-state index is 13.8. The van der Waals surface area contributed by atoms with Crippen molar-refractivity contribution < 1.29 is 14.0 Å². The summed E-state index contributed by atoms with van der Waals surface area (Å²) in [5.41, 5.74) is 2.61. The molecule has 39 heavy (non-hydrogen) atoms. The van der Waals surface area contributed by atoms with E-state index in [4.69, 9.17) is 11.6 Å². The summed E-state index contributed by atoms with van der Waals surface area (Å²) in [6.07, 6.45) is 0. The molecule has 0 spiro atoms. The van der Waals surface area contributed by atoms with Crippen LogP contribution in [0.1, 0.15) is 15.9 Å². The summed E-state index contributed by atoms with van der Waals surface area (Å²) < 4.78 is 13.8. The van der Waals surface area contributed by atoms with Crippen LogP contribution in [0.3, 0.4) is 0 Å². The van der Waals surface area contributed by atoms with Crippen LogP contribution in [0.4, 0.5) is 10.2 Å². The summed E-state index contributed by atoms with van der Waals surface area (Å²) >= 11 is 6.28.